The highest BCUT2D eigenvalue weighted by Crippen LogP contribution is 2.27. The summed E-state index contributed by atoms with van der Waals surface area (Å²) in [5, 5.41) is 6.09. The highest BCUT2D eigenvalue weighted by atomic mass is 79.9. The Morgan fingerprint density at radius 1 is 1.60 bits per heavy atom. The lowest BCUT2D eigenvalue weighted by Gasteiger charge is -2.02. The van der Waals surface area contributed by atoms with E-state index in [9.17, 15) is 8.42 Å². The molecule has 0 aliphatic rings. The second-order valence-corrected chi connectivity index (χ2v) is 6.76. The SMILES string of the molecule is NS(=O)(=O)CCSc1ncc(Cl)cc1Br. The number of hydrogen-bond acceptors (Lipinski definition) is 4. The molecule has 0 aliphatic heterocycles. The van der Waals surface area contributed by atoms with Crippen LogP contribution < -0.4 is 5.14 Å². The molecule has 84 valence electrons. The molecule has 0 spiro atoms. The van der Waals surface area contributed by atoms with Gasteiger partial charge in [0, 0.05) is 11.9 Å². The average Bonchev–Trinajstić information content (AvgIpc) is 2.07. The zero-order valence-electron chi connectivity index (χ0n) is 7.48. The van der Waals surface area contributed by atoms with Crippen molar-refractivity contribution in [1.82, 2.24) is 4.98 Å². The molecule has 0 saturated heterocycles. The van der Waals surface area contributed by atoms with Crippen molar-refractivity contribution in [3.05, 3.63) is 21.8 Å². The molecule has 0 bridgehead atoms. The van der Waals surface area contributed by atoms with Crippen LogP contribution >= 0.6 is 39.3 Å². The molecule has 0 aromatic carbocycles. The number of primary sulfonamides is 1. The summed E-state index contributed by atoms with van der Waals surface area (Å²) in [7, 11) is -3.41. The Morgan fingerprint density at radius 2 is 2.27 bits per heavy atom. The van der Waals surface area contributed by atoms with E-state index in [4.69, 9.17) is 16.7 Å². The standard InChI is InChI=1S/C7H8BrClN2O2S2/c8-6-3-5(9)4-11-7(6)14-1-2-15(10,12)13/h3-4H,1-2H2,(H2,10,12,13). The van der Waals surface area contributed by atoms with E-state index < -0.39 is 10.0 Å². The molecule has 0 atom stereocenters. The Labute approximate surface area is 106 Å². The number of sulfonamides is 1. The van der Waals surface area contributed by atoms with E-state index in [1.54, 1.807) is 6.07 Å². The van der Waals surface area contributed by atoms with Gasteiger partial charge in [-0.3, -0.25) is 0 Å². The molecule has 1 heterocycles. The number of halogens is 2. The molecule has 0 amide bonds. The molecule has 8 heteroatoms. The molecular weight excluding hydrogens is 324 g/mol. The maximum Gasteiger partial charge on any atom is 0.209 e. The summed E-state index contributed by atoms with van der Waals surface area (Å²) < 4.78 is 22.1. The Kier molecular flexibility index (Phi) is 4.85. The second-order valence-electron chi connectivity index (χ2n) is 2.66. The first-order valence-electron chi connectivity index (χ1n) is 3.83. The minimum absolute atomic E-state index is 0.0750. The summed E-state index contributed by atoms with van der Waals surface area (Å²) >= 11 is 10.3. The van der Waals surface area contributed by atoms with Gasteiger partial charge in [-0.05, 0) is 22.0 Å². The van der Waals surface area contributed by atoms with Gasteiger partial charge in [-0.2, -0.15) is 0 Å². The zero-order chi connectivity index (χ0) is 11.5. The average molecular weight is 332 g/mol. The van der Waals surface area contributed by atoms with Crippen LogP contribution in [-0.4, -0.2) is 24.9 Å². The molecular formula is C7H8BrClN2O2S2. The first kappa shape index (κ1) is 13.2. The van der Waals surface area contributed by atoms with E-state index in [-0.39, 0.29) is 5.75 Å². The third-order valence-electron chi connectivity index (χ3n) is 1.38. The summed E-state index contributed by atoms with van der Waals surface area (Å²) in [6.07, 6.45) is 1.51. The molecule has 15 heavy (non-hydrogen) atoms. The Morgan fingerprint density at radius 3 is 2.80 bits per heavy atom. The summed E-state index contributed by atoms with van der Waals surface area (Å²) in [6.45, 7) is 0. The minimum Gasteiger partial charge on any atom is -0.247 e. The number of aromatic nitrogens is 1. The third kappa shape index (κ3) is 5.17. The summed E-state index contributed by atoms with van der Waals surface area (Å²) in [5.41, 5.74) is 0. The largest absolute Gasteiger partial charge is 0.247 e. The Balaban J connectivity index is 2.59. The Hall–Kier alpha value is 0.180. The van der Waals surface area contributed by atoms with E-state index in [0.29, 0.717) is 15.8 Å². The van der Waals surface area contributed by atoms with Crippen molar-refractivity contribution in [3.63, 3.8) is 0 Å². The molecule has 1 aromatic heterocycles. The highest BCUT2D eigenvalue weighted by molar-refractivity contribution is 9.10. The molecule has 0 fully saturated rings. The van der Waals surface area contributed by atoms with Crippen molar-refractivity contribution < 1.29 is 8.42 Å². The first-order chi connectivity index (χ1) is 6.88. The molecule has 4 nitrogen and oxygen atoms in total. The van der Waals surface area contributed by atoms with Crippen LogP contribution in [-0.2, 0) is 10.0 Å². The molecule has 1 rings (SSSR count). The van der Waals surface area contributed by atoms with Crippen LogP contribution in [0.2, 0.25) is 5.02 Å². The van der Waals surface area contributed by atoms with Gasteiger partial charge in [-0.25, -0.2) is 18.5 Å². The fourth-order valence-electron chi connectivity index (χ4n) is 0.763. The maximum atomic E-state index is 10.7. The molecule has 1 aromatic rings. The van der Waals surface area contributed by atoms with Gasteiger partial charge in [0.05, 0.1) is 15.2 Å². The van der Waals surface area contributed by atoms with Crippen molar-refractivity contribution in [3.8, 4) is 0 Å². The van der Waals surface area contributed by atoms with Crippen LogP contribution in [0.4, 0.5) is 0 Å². The van der Waals surface area contributed by atoms with Gasteiger partial charge >= 0.3 is 0 Å². The predicted octanol–water partition coefficient (Wildman–Crippen LogP) is 1.88. The monoisotopic (exact) mass is 330 g/mol. The lowest BCUT2D eigenvalue weighted by Crippen LogP contribution is -2.17. The van der Waals surface area contributed by atoms with E-state index in [1.807, 2.05) is 0 Å². The van der Waals surface area contributed by atoms with Crippen LogP contribution in [0.1, 0.15) is 0 Å². The molecule has 0 radical (unpaired) electrons. The van der Waals surface area contributed by atoms with Gasteiger partial charge < -0.3 is 0 Å². The smallest absolute Gasteiger partial charge is 0.209 e. The van der Waals surface area contributed by atoms with E-state index >= 15 is 0 Å². The summed E-state index contributed by atoms with van der Waals surface area (Å²) in [4.78, 5) is 4.05. The maximum absolute atomic E-state index is 10.7. The van der Waals surface area contributed by atoms with Gasteiger partial charge in [0.1, 0.15) is 5.03 Å². The van der Waals surface area contributed by atoms with Gasteiger partial charge in [0.15, 0.2) is 0 Å². The van der Waals surface area contributed by atoms with E-state index in [2.05, 4.69) is 20.9 Å². The molecule has 0 aliphatic carbocycles. The quantitative estimate of drug-likeness (QED) is 0.855. The summed E-state index contributed by atoms with van der Waals surface area (Å²) in [5.74, 6) is 0.292. The summed E-state index contributed by atoms with van der Waals surface area (Å²) in [6, 6.07) is 1.70. The van der Waals surface area contributed by atoms with Gasteiger partial charge in [-0.15, -0.1) is 11.8 Å². The first-order valence-corrected chi connectivity index (χ1v) is 7.70. The fraction of sp³-hybridized carbons (Fsp3) is 0.286. The van der Waals surface area contributed by atoms with E-state index in [0.717, 1.165) is 4.47 Å². The number of nitrogens with zero attached hydrogens (tertiary/aromatic N) is 1. The van der Waals surface area contributed by atoms with Crippen LogP contribution in [0.3, 0.4) is 0 Å². The van der Waals surface area contributed by atoms with E-state index in [1.165, 1.54) is 18.0 Å². The van der Waals surface area contributed by atoms with Crippen molar-refractivity contribution in [2.75, 3.05) is 11.5 Å². The fourth-order valence-corrected chi connectivity index (χ4v) is 3.52. The van der Waals surface area contributed by atoms with Gasteiger partial charge in [0.2, 0.25) is 10.0 Å². The van der Waals surface area contributed by atoms with Crippen LogP contribution in [0.5, 0.6) is 0 Å². The van der Waals surface area contributed by atoms with Crippen LogP contribution in [0.25, 0.3) is 0 Å². The minimum atomic E-state index is -3.41. The van der Waals surface area contributed by atoms with Crippen molar-refractivity contribution >= 4 is 49.3 Å². The molecule has 0 saturated carbocycles. The third-order valence-corrected chi connectivity index (χ3v) is 4.49. The second kappa shape index (κ2) is 5.49. The van der Waals surface area contributed by atoms with Crippen LogP contribution in [0.15, 0.2) is 21.8 Å². The van der Waals surface area contributed by atoms with Crippen molar-refractivity contribution in [1.29, 1.82) is 0 Å². The molecule has 2 N–H and O–H groups in total. The number of rotatable bonds is 4. The van der Waals surface area contributed by atoms with Gasteiger partial charge in [0.25, 0.3) is 0 Å². The number of hydrogen-bond donors (Lipinski definition) is 1. The number of pyridine rings is 1. The van der Waals surface area contributed by atoms with Crippen molar-refractivity contribution in [2.45, 2.75) is 5.03 Å². The molecule has 0 unspecified atom stereocenters. The lowest BCUT2D eigenvalue weighted by atomic mass is 10.5. The normalized spacial score (nSPS) is 11.7. The number of thioether (sulfide) groups is 1. The lowest BCUT2D eigenvalue weighted by molar-refractivity contribution is 0.599. The van der Waals surface area contributed by atoms with Gasteiger partial charge in [-0.1, -0.05) is 11.6 Å². The highest BCUT2D eigenvalue weighted by Gasteiger charge is 2.06. The van der Waals surface area contributed by atoms with Crippen LogP contribution in [0, 0.1) is 0 Å². The Bertz CT molecular complexity index is 452. The predicted molar refractivity (Wildman–Crippen MR) is 65.6 cm³/mol. The number of nitrogens with two attached hydrogens (primary N) is 1. The van der Waals surface area contributed by atoms with Crippen molar-refractivity contribution in [2.24, 2.45) is 5.14 Å². The zero-order valence-corrected chi connectivity index (χ0v) is 11.5. The topological polar surface area (TPSA) is 73.1 Å².